The summed E-state index contributed by atoms with van der Waals surface area (Å²) in [6, 6.07) is 5.26. The molecule has 1 fully saturated rings. The maximum absolute atomic E-state index is 12.1. The third kappa shape index (κ3) is 4.01. The summed E-state index contributed by atoms with van der Waals surface area (Å²) in [5.41, 5.74) is 0. The highest BCUT2D eigenvalue weighted by Gasteiger charge is 2.22. The lowest BCUT2D eigenvalue weighted by molar-refractivity contribution is -0.134. The minimum Gasteiger partial charge on any atom is -0.484 e. The summed E-state index contributed by atoms with van der Waals surface area (Å²) in [6.45, 7) is 1.92. The zero-order chi connectivity index (χ0) is 14.5. The van der Waals surface area contributed by atoms with Crippen LogP contribution in [-0.2, 0) is 4.79 Å². The van der Waals surface area contributed by atoms with Crippen molar-refractivity contribution in [3.05, 3.63) is 28.2 Å². The van der Waals surface area contributed by atoms with Gasteiger partial charge < -0.3 is 15.0 Å². The lowest BCUT2D eigenvalue weighted by Crippen LogP contribution is -2.45. The number of hydrogen-bond acceptors (Lipinski definition) is 3. The number of halogens is 2. The predicted molar refractivity (Wildman–Crippen MR) is 80.6 cm³/mol. The van der Waals surface area contributed by atoms with Gasteiger partial charge in [-0.25, -0.2) is 0 Å². The number of carbonyl (C=O) groups excluding carboxylic acids is 1. The van der Waals surface area contributed by atoms with E-state index >= 15 is 0 Å². The van der Waals surface area contributed by atoms with E-state index in [-0.39, 0.29) is 12.5 Å². The van der Waals surface area contributed by atoms with Crippen molar-refractivity contribution in [2.24, 2.45) is 0 Å². The molecule has 1 saturated heterocycles. The Morgan fingerprint density at radius 3 is 2.70 bits per heavy atom. The predicted octanol–water partition coefficient (Wildman–Crippen LogP) is 2.58. The van der Waals surface area contributed by atoms with E-state index in [9.17, 15) is 4.79 Å². The molecule has 0 radical (unpaired) electrons. The molecule has 20 heavy (non-hydrogen) atoms. The van der Waals surface area contributed by atoms with Gasteiger partial charge in [0.2, 0.25) is 0 Å². The van der Waals surface area contributed by atoms with E-state index in [1.165, 1.54) is 0 Å². The number of amides is 1. The number of likely N-dealkylation sites (N-methyl/N-ethyl adjacent to an activating group) is 1. The Labute approximate surface area is 129 Å². The molecule has 1 aromatic carbocycles. The summed E-state index contributed by atoms with van der Waals surface area (Å²) >= 11 is 11.7. The van der Waals surface area contributed by atoms with Gasteiger partial charge in [-0.3, -0.25) is 4.79 Å². The molecule has 0 unspecified atom stereocenters. The molecule has 0 spiro atoms. The van der Waals surface area contributed by atoms with Crippen LogP contribution in [0.2, 0.25) is 10.0 Å². The Kier molecular flexibility index (Phi) is 5.52. The minimum atomic E-state index is -0.0250. The third-order valence-electron chi connectivity index (χ3n) is 3.50. The number of ether oxygens (including phenoxy) is 1. The van der Waals surface area contributed by atoms with Crippen molar-refractivity contribution in [1.82, 2.24) is 10.2 Å². The molecule has 1 amide bonds. The first kappa shape index (κ1) is 15.4. The molecule has 0 atom stereocenters. The average molecular weight is 317 g/mol. The monoisotopic (exact) mass is 316 g/mol. The molecule has 0 aliphatic carbocycles. The zero-order valence-corrected chi connectivity index (χ0v) is 12.9. The van der Waals surface area contributed by atoms with Crippen molar-refractivity contribution < 1.29 is 9.53 Å². The largest absolute Gasteiger partial charge is 0.484 e. The Balaban J connectivity index is 1.86. The number of carbonyl (C=O) groups is 1. The van der Waals surface area contributed by atoms with Gasteiger partial charge in [0.25, 0.3) is 5.91 Å². The van der Waals surface area contributed by atoms with Gasteiger partial charge in [0.1, 0.15) is 5.75 Å². The summed E-state index contributed by atoms with van der Waals surface area (Å²) in [7, 11) is 1.83. The molecule has 0 bridgehead atoms. The van der Waals surface area contributed by atoms with E-state index in [0.717, 1.165) is 25.9 Å². The summed E-state index contributed by atoms with van der Waals surface area (Å²) in [6.07, 6.45) is 1.96. The molecule has 1 N–H and O–H groups in total. The van der Waals surface area contributed by atoms with Gasteiger partial charge in [-0.05, 0) is 38.1 Å². The van der Waals surface area contributed by atoms with Crippen LogP contribution in [0.15, 0.2) is 18.2 Å². The standard InChI is InChI=1S/C14H18Cl2N2O2/c1-18(10-4-6-17-7-5-10)14(19)9-20-11-2-3-12(15)13(16)8-11/h2-3,8,10,17H,4-7,9H2,1H3. The highest BCUT2D eigenvalue weighted by molar-refractivity contribution is 6.42. The summed E-state index contributed by atoms with van der Waals surface area (Å²) in [5.74, 6) is 0.523. The first-order valence-corrected chi connectivity index (χ1v) is 7.38. The van der Waals surface area contributed by atoms with Gasteiger partial charge in [-0.15, -0.1) is 0 Å². The van der Waals surface area contributed by atoms with E-state index in [0.29, 0.717) is 21.8 Å². The number of hydrogen-bond donors (Lipinski definition) is 1. The molecule has 4 nitrogen and oxygen atoms in total. The first-order chi connectivity index (χ1) is 9.58. The van der Waals surface area contributed by atoms with Crippen LogP contribution in [-0.4, -0.2) is 43.6 Å². The fraction of sp³-hybridized carbons (Fsp3) is 0.500. The van der Waals surface area contributed by atoms with Crippen molar-refractivity contribution in [1.29, 1.82) is 0 Å². The van der Waals surface area contributed by atoms with E-state index in [2.05, 4.69) is 5.32 Å². The van der Waals surface area contributed by atoms with Gasteiger partial charge in [-0.2, -0.15) is 0 Å². The molecular weight excluding hydrogens is 299 g/mol. The van der Waals surface area contributed by atoms with Crippen LogP contribution in [0, 0.1) is 0 Å². The fourth-order valence-corrected chi connectivity index (χ4v) is 2.50. The van der Waals surface area contributed by atoms with E-state index in [1.807, 2.05) is 7.05 Å². The third-order valence-corrected chi connectivity index (χ3v) is 4.24. The summed E-state index contributed by atoms with van der Waals surface area (Å²) < 4.78 is 5.47. The normalized spacial score (nSPS) is 15.9. The van der Waals surface area contributed by atoms with Crippen LogP contribution in [0.4, 0.5) is 0 Å². The highest BCUT2D eigenvalue weighted by atomic mass is 35.5. The van der Waals surface area contributed by atoms with Crippen molar-refractivity contribution in [2.75, 3.05) is 26.7 Å². The maximum atomic E-state index is 12.1. The van der Waals surface area contributed by atoms with Gasteiger partial charge in [-0.1, -0.05) is 23.2 Å². The second kappa shape index (κ2) is 7.16. The maximum Gasteiger partial charge on any atom is 0.260 e. The van der Waals surface area contributed by atoms with Crippen molar-refractivity contribution in [3.8, 4) is 5.75 Å². The van der Waals surface area contributed by atoms with Crippen LogP contribution in [0.5, 0.6) is 5.75 Å². The van der Waals surface area contributed by atoms with E-state index < -0.39 is 0 Å². The number of piperidine rings is 1. The molecule has 110 valence electrons. The number of nitrogens with one attached hydrogen (secondary N) is 1. The van der Waals surface area contributed by atoms with Gasteiger partial charge >= 0.3 is 0 Å². The van der Waals surface area contributed by atoms with E-state index in [4.69, 9.17) is 27.9 Å². The summed E-state index contributed by atoms with van der Waals surface area (Å²) in [4.78, 5) is 13.9. The molecule has 1 aliphatic rings. The second-order valence-corrected chi connectivity index (χ2v) is 5.66. The lowest BCUT2D eigenvalue weighted by atomic mass is 10.1. The molecule has 1 aromatic rings. The molecule has 6 heteroatoms. The number of rotatable bonds is 4. The van der Waals surface area contributed by atoms with Crippen LogP contribution >= 0.6 is 23.2 Å². The Morgan fingerprint density at radius 1 is 1.35 bits per heavy atom. The zero-order valence-electron chi connectivity index (χ0n) is 11.4. The Bertz CT molecular complexity index is 476. The molecule has 0 saturated carbocycles. The Hall–Kier alpha value is -0.970. The summed E-state index contributed by atoms with van der Waals surface area (Å²) in [5, 5.41) is 4.17. The minimum absolute atomic E-state index is 0.0123. The van der Waals surface area contributed by atoms with Crippen molar-refractivity contribution in [3.63, 3.8) is 0 Å². The van der Waals surface area contributed by atoms with Crippen molar-refractivity contribution >= 4 is 29.1 Å². The topological polar surface area (TPSA) is 41.6 Å². The van der Waals surface area contributed by atoms with Crippen molar-refractivity contribution in [2.45, 2.75) is 18.9 Å². The number of benzene rings is 1. The van der Waals surface area contributed by atoms with E-state index in [1.54, 1.807) is 23.1 Å². The van der Waals surface area contributed by atoms with Crippen LogP contribution in [0.3, 0.4) is 0 Å². The van der Waals surface area contributed by atoms with Crippen LogP contribution in [0.1, 0.15) is 12.8 Å². The molecule has 2 rings (SSSR count). The SMILES string of the molecule is CN(C(=O)COc1ccc(Cl)c(Cl)c1)C1CCNCC1. The van der Waals surface area contributed by atoms with Gasteiger partial charge in [0.05, 0.1) is 10.0 Å². The van der Waals surface area contributed by atoms with Crippen LogP contribution < -0.4 is 10.1 Å². The Morgan fingerprint density at radius 2 is 2.05 bits per heavy atom. The number of nitrogens with zero attached hydrogens (tertiary/aromatic N) is 1. The molecular formula is C14H18Cl2N2O2. The lowest BCUT2D eigenvalue weighted by Gasteiger charge is -2.31. The molecule has 0 aromatic heterocycles. The van der Waals surface area contributed by atoms with Gasteiger partial charge in [0.15, 0.2) is 6.61 Å². The second-order valence-electron chi connectivity index (χ2n) is 4.85. The smallest absolute Gasteiger partial charge is 0.260 e. The molecule has 1 heterocycles. The van der Waals surface area contributed by atoms with Crippen LogP contribution in [0.25, 0.3) is 0 Å². The highest BCUT2D eigenvalue weighted by Crippen LogP contribution is 2.26. The average Bonchev–Trinajstić information content (AvgIpc) is 2.48. The van der Waals surface area contributed by atoms with Gasteiger partial charge in [0, 0.05) is 19.2 Å². The molecule has 1 aliphatic heterocycles. The fourth-order valence-electron chi connectivity index (χ4n) is 2.21. The first-order valence-electron chi connectivity index (χ1n) is 6.62. The quantitative estimate of drug-likeness (QED) is 0.928.